The molecule has 0 aliphatic heterocycles. The van der Waals surface area contributed by atoms with E-state index >= 15 is 0 Å². The van der Waals surface area contributed by atoms with Crippen molar-refractivity contribution in [3.63, 3.8) is 0 Å². The molecule has 6 heteroatoms. The summed E-state index contributed by atoms with van der Waals surface area (Å²) in [6, 6.07) is 14.9. The lowest BCUT2D eigenvalue weighted by Gasteiger charge is -2.15. The van der Waals surface area contributed by atoms with Gasteiger partial charge in [0.05, 0.1) is 29.2 Å². The molecular weight excluding hydrogens is 345 g/mol. The quantitative estimate of drug-likeness (QED) is 0.645. The predicted octanol–water partition coefficient (Wildman–Crippen LogP) is 5.00. The van der Waals surface area contributed by atoms with Crippen LogP contribution < -0.4 is 15.4 Å². The molecule has 0 aliphatic carbocycles. The Morgan fingerprint density at radius 1 is 1.04 bits per heavy atom. The molecule has 5 nitrogen and oxygen atoms in total. The normalized spacial score (nSPS) is 10.5. The molecule has 138 valence electrons. The zero-order valence-electron chi connectivity index (χ0n) is 15.1. The van der Waals surface area contributed by atoms with Crippen LogP contribution >= 0.6 is 0 Å². The van der Waals surface area contributed by atoms with Gasteiger partial charge >= 0.3 is 0 Å². The van der Waals surface area contributed by atoms with Gasteiger partial charge in [-0.15, -0.1) is 0 Å². The van der Waals surface area contributed by atoms with Crippen molar-refractivity contribution in [3.8, 4) is 5.75 Å². The van der Waals surface area contributed by atoms with Crippen LogP contribution in [0.25, 0.3) is 0 Å². The summed E-state index contributed by atoms with van der Waals surface area (Å²) in [7, 11) is 0. The van der Waals surface area contributed by atoms with E-state index in [0.717, 1.165) is 0 Å². The number of benzene rings is 2. The van der Waals surface area contributed by atoms with Gasteiger partial charge in [-0.05, 0) is 56.3 Å². The molecule has 0 fully saturated rings. The number of nitrogens with zero attached hydrogens (tertiary/aromatic N) is 1. The van der Waals surface area contributed by atoms with E-state index in [1.165, 1.54) is 18.3 Å². The minimum absolute atomic E-state index is 0.00652. The van der Waals surface area contributed by atoms with Gasteiger partial charge in [-0.2, -0.15) is 0 Å². The Labute approximate surface area is 157 Å². The van der Waals surface area contributed by atoms with Crippen molar-refractivity contribution in [2.45, 2.75) is 20.0 Å². The third-order valence-corrected chi connectivity index (χ3v) is 3.63. The molecule has 3 aromatic rings. The summed E-state index contributed by atoms with van der Waals surface area (Å²) in [5.74, 6) is -0.00597. The number of amides is 1. The van der Waals surface area contributed by atoms with E-state index in [9.17, 15) is 9.18 Å². The average molecular weight is 365 g/mol. The highest BCUT2D eigenvalue weighted by molar-refractivity contribution is 6.05. The van der Waals surface area contributed by atoms with Gasteiger partial charge in [-0.25, -0.2) is 4.39 Å². The van der Waals surface area contributed by atoms with Crippen LogP contribution in [0.15, 0.2) is 67.0 Å². The van der Waals surface area contributed by atoms with Gasteiger partial charge in [0.1, 0.15) is 11.6 Å². The molecule has 3 rings (SSSR count). The van der Waals surface area contributed by atoms with Crippen LogP contribution in [0.5, 0.6) is 5.75 Å². The summed E-state index contributed by atoms with van der Waals surface area (Å²) < 4.78 is 18.7. The van der Waals surface area contributed by atoms with Crippen LogP contribution in [0.2, 0.25) is 0 Å². The van der Waals surface area contributed by atoms with Crippen molar-refractivity contribution in [2.24, 2.45) is 0 Å². The zero-order valence-corrected chi connectivity index (χ0v) is 15.1. The molecule has 1 amide bonds. The molecule has 0 atom stereocenters. The van der Waals surface area contributed by atoms with E-state index in [0.29, 0.717) is 28.4 Å². The van der Waals surface area contributed by atoms with E-state index in [4.69, 9.17) is 4.74 Å². The van der Waals surface area contributed by atoms with E-state index in [1.807, 2.05) is 26.0 Å². The van der Waals surface area contributed by atoms with Gasteiger partial charge in [0.25, 0.3) is 5.91 Å². The van der Waals surface area contributed by atoms with E-state index in [2.05, 4.69) is 15.6 Å². The zero-order chi connectivity index (χ0) is 19.2. The molecule has 1 heterocycles. The van der Waals surface area contributed by atoms with E-state index < -0.39 is 0 Å². The highest BCUT2D eigenvalue weighted by Crippen LogP contribution is 2.26. The number of hydrogen-bond donors (Lipinski definition) is 2. The first kappa shape index (κ1) is 18.4. The highest BCUT2D eigenvalue weighted by atomic mass is 19.1. The molecule has 2 aromatic carbocycles. The number of aromatic nitrogens is 1. The summed E-state index contributed by atoms with van der Waals surface area (Å²) in [6.07, 6.45) is 3.07. The summed E-state index contributed by atoms with van der Waals surface area (Å²) >= 11 is 0. The number of nitrogens with one attached hydrogen (secondary N) is 2. The lowest BCUT2D eigenvalue weighted by Crippen LogP contribution is -2.15. The van der Waals surface area contributed by atoms with Crippen molar-refractivity contribution in [1.82, 2.24) is 4.98 Å². The summed E-state index contributed by atoms with van der Waals surface area (Å²) in [5.41, 5.74) is 2.31. The third-order valence-electron chi connectivity index (χ3n) is 3.63. The molecule has 0 radical (unpaired) electrons. The fraction of sp³-hybridized carbons (Fsp3) is 0.143. The summed E-state index contributed by atoms with van der Waals surface area (Å²) in [5, 5.41) is 5.94. The maximum absolute atomic E-state index is 13.0. The SMILES string of the molecule is CC(C)Oc1ccccc1NC(=O)c1cncc(Nc2ccc(F)cc2)c1. The molecule has 0 aliphatic rings. The third kappa shape index (κ3) is 5.04. The molecule has 1 aromatic heterocycles. The van der Waals surface area contributed by atoms with Gasteiger partial charge in [-0.1, -0.05) is 12.1 Å². The average Bonchev–Trinajstić information content (AvgIpc) is 2.65. The number of rotatable bonds is 6. The smallest absolute Gasteiger partial charge is 0.257 e. The Morgan fingerprint density at radius 3 is 2.52 bits per heavy atom. The summed E-state index contributed by atoms with van der Waals surface area (Å²) in [4.78, 5) is 16.7. The van der Waals surface area contributed by atoms with Crippen molar-refractivity contribution in [1.29, 1.82) is 0 Å². The van der Waals surface area contributed by atoms with Crippen LogP contribution in [0.1, 0.15) is 24.2 Å². The minimum Gasteiger partial charge on any atom is -0.489 e. The van der Waals surface area contributed by atoms with Gasteiger partial charge in [0.15, 0.2) is 0 Å². The molecule has 2 N–H and O–H groups in total. The number of ether oxygens (including phenoxy) is 1. The first-order valence-electron chi connectivity index (χ1n) is 8.56. The van der Waals surface area contributed by atoms with Crippen LogP contribution in [-0.4, -0.2) is 17.0 Å². The Kier molecular flexibility index (Phi) is 5.66. The van der Waals surface area contributed by atoms with Crippen molar-refractivity contribution >= 4 is 23.0 Å². The van der Waals surface area contributed by atoms with Crippen molar-refractivity contribution in [2.75, 3.05) is 10.6 Å². The Morgan fingerprint density at radius 2 is 1.78 bits per heavy atom. The van der Waals surface area contributed by atoms with Crippen molar-refractivity contribution < 1.29 is 13.9 Å². The topological polar surface area (TPSA) is 63.2 Å². The molecular formula is C21H20FN3O2. The molecule has 0 bridgehead atoms. The lowest BCUT2D eigenvalue weighted by molar-refractivity contribution is 0.102. The number of halogens is 1. The van der Waals surface area contributed by atoms with Gasteiger partial charge in [0.2, 0.25) is 0 Å². The Balaban J connectivity index is 1.75. The van der Waals surface area contributed by atoms with Gasteiger partial charge in [-0.3, -0.25) is 9.78 Å². The molecule has 0 spiro atoms. The summed E-state index contributed by atoms with van der Waals surface area (Å²) in [6.45, 7) is 3.85. The lowest BCUT2D eigenvalue weighted by atomic mass is 10.2. The van der Waals surface area contributed by atoms with Crippen LogP contribution in [0, 0.1) is 5.82 Å². The maximum Gasteiger partial charge on any atom is 0.257 e. The number of anilines is 3. The monoisotopic (exact) mass is 365 g/mol. The minimum atomic E-state index is -0.311. The van der Waals surface area contributed by atoms with Crippen LogP contribution in [0.4, 0.5) is 21.5 Å². The number of carbonyl (C=O) groups is 1. The first-order valence-corrected chi connectivity index (χ1v) is 8.56. The molecule has 0 unspecified atom stereocenters. The maximum atomic E-state index is 13.0. The fourth-order valence-corrected chi connectivity index (χ4v) is 2.45. The first-order chi connectivity index (χ1) is 13.0. The molecule has 0 saturated carbocycles. The van der Waals surface area contributed by atoms with Crippen molar-refractivity contribution in [3.05, 3.63) is 78.4 Å². The molecule has 0 saturated heterocycles. The largest absolute Gasteiger partial charge is 0.489 e. The number of hydrogen-bond acceptors (Lipinski definition) is 4. The number of para-hydroxylation sites is 2. The number of carbonyl (C=O) groups excluding carboxylic acids is 1. The van der Waals surface area contributed by atoms with E-state index in [1.54, 1.807) is 36.5 Å². The second-order valence-electron chi connectivity index (χ2n) is 6.21. The van der Waals surface area contributed by atoms with E-state index in [-0.39, 0.29) is 17.8 Å². The van der Waals surface area contributed by atoms with Crippen LogP contribution in [0.3, 0.4) is 0 Å². The fourth-order valence-electron chi connectivity index (χ4n) is 2.45. The Bertz CT molecular complexity index is 927. The Hall–Kier alpha value is -3.41. The second kappa shape index (κ2) is 8.31. The highest BCUT2D eigenvalue weighted by Gasteiger charge is 2.12. The van der Waals surface area contributed by atoms with Gasteiger partial charge in [0, 0.05) is 11.9 Å². The molecule has 27 heavy (non-hydrogen) atoms. The predicted molar refractivity (Wildman–Crippen MR) is 104 cm³/mol. The number of pyridine rings is 1. The van der Waals surface area contributed by atoms with Crippen LogP contribution in [-0.2, 0) is 0 Å². The second-order valence-corrected chi connectivity index (χ2v) is 6.21. The van der Waals surface area contributed by atoms with Gasteiger partial charge < -0.3 is 15.4 Å². The standard InChI is InChI=1S/C21H20FN3O2/c1-14(2)27-20-6-4-3-5-19(20)25-21(26)15-11-18(13-23-12-15)24-17-9-7-16(22)8-10-17/h3-14,24H,1-2H3,(H,25,26).